The molecule has 1 saturated heterocycles. The van der Waals surface area contributed by atoms with Crippen LogP contribution in [0.25, 0.3) is 33.3 Å². The van der Waals surface area contributed by atoms with E-state index in [9.17, 15) is 13.6 Å². The van der Waals surface area contributed by atoms with Gasteiger partial charge in [0.15, 0.2) is 17.0 Å². The molecule has 0 N–H and O–H groups in total. The van der Waals surface area contributed by atoms with E-state index in [2.05, 4.69) is 19.9 Å². The van der Waals surface area contributed by atoms with Gasteiger partial charge in [-0.1, -0.05) is 18.2 Å². The second-order valence-electron chi connectivity index (χ2n) is 8.51. The van der Waals surface area contributed by atoms with Gasteiger partial charge in [0.25, 0.3) is 0 Å². The highest BCUT2D eigenvalue weighted by atomic mass is 19.1. The molecule has 3 aromatic heterocycles. The highest BCUT2D eigenvalue weighted by molar-refractivity contribution is 5.84. The van der Waals surface area contributed by atoms with Gasteiger partial charge in [-0.25, -0.2) is 23.7 Å². The minimum atomic E-state index is -0.663. The van der Waals surface area contributed by atoms with E-state index in [0.29, 0.717) is 48.7 Å². The number of benzene rings is 2. The van der Waals surface area contributed by atoms with Gasteiger partial charge in [-0.2, -0.15) is 0 Å². The van der Waals surface area contributed by atoms with Gasteiger partial charge in [0.1, 0.15) is 34.7 Å². The average Bonchev–Trinajstić information content (AvgIpc) is 3.32. The Morgan fingerprint density at radius 2 is 1.78 bits per heavy atom. The Labute approximate surface area is 203 Å². The molecule has 8 nitrogen and oxygen atoms in total. The summed E-state index contributed by atoms with van der Waals surface area (Å²) >= 11 is 0. The number of hydrogen-bond donors (Lipinski definition) is 0. The predicted octanol–water partition coefficient (Wildman–Crippen LogP) is 3.96. The molecule has 0 unspecified atom stereocenters. The Bertz CT molecular complexity index is 1630. The molecule has 0 amide bonds. The van der Waals surface area contributed by atoms with Crippen LogP contribution in [0, 0.1) is 11.6 Å². The number of hydrogen-bond acceptors (Lipinski definition) is 7. The third kappa shape index (κ3) is 3.89. The SMILES string of the molecule is O=c1c(-c2ccc(F)cc2)c(CCn2cnc3c(N4CCOCC4)ncnc32)oc2cccc(F)c12. The molecule has 2 aromatic carbocycles. The average molecular weight is 489 g/mol. The van der Waals surface area contributed by atoms with Gasteiger partial charge >= 0.3 is 0 Å². The largest absolute Gasteiger partial charge is 0.460 e. The van der Waals surface area contributed by atoms with Crippen LogP contribution in [-0.4, -0.2) is 45.8 Å². The molecule has 1 aliphatic rings. The molecule has 0 spiro atoms. The van der Waals surface area contributed by atoms with Gasteiger partial charge in [0, 0.05) is 26.1 Å². The molecule has 10 heteroatoms. The molecule has 6 rings (SSSR count). The van der Waals surface area contributed by atoms with Crippen molar-refractivity contribution in [1.82, 2.24) is 19.5 Å². The zero-order valence-corrected chi connectivity index (χ0v) is 19.2. The number of morpholine rings is 1. The summed E-state index contributed by atoms with van der Waals surface area (Å²) in [6.07, 6.45) is 3.49. The Morgan fingerprint density at radius 1 is 0.972 bits per heavy atom. The lowest BCUT2D eigenvalue weighted by Crippen LogP contribution is -2.36. The summed E-state index contributed by atoms with van der Waals surface area (Å²) in [6.45, 7) is 3.09. The molecule has 0 aliphatic carbocycles. The van der Waals surface area contributed by atoms with E-state index in [1.807, 2.05) is 4.57 Å². The quantitative estimate of drug-likeness (QED) is 0.369. The lowest BCUT2D eigenvalue weighted by molar-refractivity contribution is 0.122. The van der Waals surface area contributed by atoms with E-state index >= 15 is 0 Å². The van der Waals surface area contributed by atoms with Crippen LogP contribution in [0.15, 0.2) is 64.3 Å². The van der Waals surface area contributed by atoms with Gasteiger partial charge in [-0.05, 0) is 29.8 Å². The van der Waals surface area contributed by atoms with Gasteiger partial charge in [-0.15, -0.1) is 0 Å². The highest BCUT2D eigenvalue weighted by Crippen LogP contribution is 2.28. The number of aromatic nitrogens is 4. The molecule has 0 radical (unpaired) electrons. The molecule has 182 valence electrons. The predicted molar refractivity (Wildman–Crippen MR) is 130 cm³/mol. The minimum absolute atomic E-state index is 0.128. The number of nitrogens with zero attached hydrogens (tertiary/aromatic N) is 5. The summed E-state index contributed by atoms with van der Waals surface area (Å²) in [6, 6.07) is 9.78. The summed E-state index contributed by atoms with van der Waals surface area (Å²) in [4.78, 5) is 28.9. The molecule has 1 fully saturated rings. The van der Waals surface area contributed by atoms with Crippen molar-refractivity contribution < 1.29 is 17.9 Å². The number of fused-ring (bicyclic) bond motifs is 2. The van der Waals surface area contributed by atoms with Crippen LogP contribution in [0.5, 0.6) is 0 Å². The van der Waals surface area contributed by atoms with E-state index < -0.39 is 17.1 Å². The zero-order chi connectivity index (χ0) is 24.6. The van der Waals surface area contributed by atoms with E-state index in [0.717, 1.165) is 18.9 Å². The van der Waals surface area contributed by atoms with Crippen molar-refractivity contribution in [3.05, 3.63) is 82.7 Å². The number of ether oxygens (including phenoxy) is 1. The van der Waals surface area contributed by atoms with Crippen LogP contribution in [0.3, 0.4) is 0 Å². The third-order valence-corrected chi connectivity index (χ3v) is 6.35. The fourth-order valence-corrected chi connectivity index (χ4v) is 4.59. The third-order valence-electron chi connectivity index (χ3n) is 6.35. The van der Waals surface area contributed by atoms with Crippen molar-refractivity contribution in [3.8, 4) is 11.1 Å². The molecule has 36 heavy (non-hydrogen) atoms. The maximum absolute atomic E-state index is 14.6. The zero-order valence-electron chi connectivity index (χ0n) is 19.2. The van der Waals surface area contributed by atoms with Crippen LogP contribution in [0.1, 0.15) is 5.76 Å². The first-order valence-corrected chi connectivity index (χ1v) is 11.6. The van der Waals surface area contributed by atoms with Crippen molar-refractivity contribution in [1.29, 1.82) is 0 Å². The highest BCUT2D eigenvalue weighted by Gasteiger charge is 2.21. The topological polar surface area (TPSA) is 86.3 Å². The van der Waals surface area contributed by atoms with Crippen LogP contribution < -0.4 is 10.3 Å². The summed E-state index contributed by atoms with van der Waals surface area (Å²) in [5.41, 5.74) is 1.67. The van der Waals surface area contributed by atoms with Crippen LogP contribution in [0.4, 0.5) is 14.6 Å². The molecule has 0 bridgehead atoms. The standard InChI is InChI=1S/C26H21F2N5O3/c27-17-6-4-16(5-7-17)21-20(36-19-3-1-2-18(28)22(19)24(21)34)8-9-33-15-31-23-25(29-14-30-26(23)33)32-10-12-35-13-11-32/h1-7,14-15H,8-13H2. The maximum Gasteiger partial charge on any atom is 0.203 e. The summed E-state index contributed by atoms with van der Waals surface area (Å²) in [5, 5.41) is -0.128. The van der Waals surface area contributed by atoms with Crippen molar-refractivity contribution >= 4 is 28.0 Å². The molecule has 4 heterocycles. The fourth-order valence-electron chi connectivity index (χ4n) is 4.59. The normalized spacial score (nSPS) is 14.1. The summed E-state index contributed by atoms with van der Waals surface area (Å²) in [7, 11) is 0. The number of rotatable bonds is 5. The van der Waals surface area contributed by atoms with Crippen molar-refractivity contribution in [2.45, 2.75) is 13.0 Å². The lowest BCUT2D eigenvalue weighted by atomic mass is 10.0. The van der Waals surface area contributed by atoms with Crippen molar-refractivity contribution in [2.24, 2.45) is 0 Å². The van der Waals surface area contributed by atoms with Crippen molar-refractivity contribution in [2.75, 3.05) is 31.2 Å². The van der Waals surface area contributed by atoms with E-state index in [-0.39, 0.29) is 16.5 Å². The first-order valence-electron chi connectivity index (χ1n) is 11.6. The first-order chi connectivity index (χ1) is 17.6. The van der Waals surface area contributed by atoms with Crippen LogP contribution >= 0.6 is 0 Å². The van der Waals surface area contributed by atoms with Gasteiger partial charge in [-0.3, -0.25) is 4.79 Å². The van der Waals surface area contributed by atoms with Crippen LogP contribution in [0.2, 0.25) is 0 Å². The Morgan fingerprint density at radius 3 is 2.58 bits per heavy atom. The van der Waals surface area contributed by atoms with Gasteiger partial charge in [0.05, 0.1) is 25.1 Å². The molecule has 1 aliphatic heterocycles. The fraction of sp³-hybridized carbons (Fsp3) is 0.231. The Balaban J connectivity index is 1.40. The van der Waals surface area contributed by atoms with E-state index in [1.54, 1.807) is 12.4 Å². The van der Waals surface area contributed by atoms with Crippen LogP contribution in [-0.2, 0) is 17.7 Å². The molecule has 5 aromatic rings. The number of halogens is 2. The smallest absolute Gasteiger partial charge is 0.203 e. The summed E-state index contributed by atoms with van der Waals surface area (Å²) in [5.74, 6) is 0.0252. The number of anilines is 1. The molecular weight excluding hydrogens is 468 g/mol. The summed E-state index contributed by atoms with van der Waals surface area (Å²) < 4.78 is 41.5. The van der Waals surface area contributed by atoms with E-state index in [4.69, 9.17) is 9.15 Å². The lowest BCUT2D eigenvalue weighted by Gasteiger charge is -2.27. The first kappa shape index (κ1) is 22.3. The molecule has 0 atom stereocenters. The Kier molecular flexibility index (Phi) is 5.65. The monoisotopic (exact) mass is 489 g/mol. The number of imidazole rings is 1. The van der Waals surface area contributed by atoms with E-state index in [1.165, 1.54) is 42.7 Å². The second-order valence-corrected chi connectivity index (χ2v) is 8.51. The van der Waals surface area contributed by atoms with Gasteiger partial charge < -0.3 is 18.6 Å². The Hall–Kier alpha value is -4.18. The maximum atomic E-state index is 14.6. The second kappa shape index (κ2) is 9.12. The minimum Gasteiger partial charge on any atom is -0.460 e. The van der Waals surface area contributed by atoms with Crippen molar-refractivity contribution in [3.63, 3.8) is 0 Å². The van der Waals surface area contributed by atoms with Gasteiger partial charge in [0.2, 0.25) is 5.43 Å². The number of aryl methyl sites for hydroxylation is 2. The molecule has 0 saturated carbocycles. The molecular formula is C26H21F2N5O3.